The maximum atomic E-state index is 13.5. The average molecular weight is 282 g/mol. The highest BCUT2D eigenvalue weighted by atomic mass is 19.1. The van der Waals surface area contributed by atoms with Crippen LogP contribution in [0.1, 0.15) is 43.5 Å². The second kappa shape index (κ2) is 6.44. The smallest absolute Gasteiger partial charge is 0.191 e. The van der Waals surface area contributed by atoms with Gasteiger partial charge in [0, 0.05) is 6.07 Å². The first kappa shape index (κ1) is 15.1. The zero-order valence-electron chi connectivity index (χ0n) is 11.9. The van der Waals surface area contributed by atoms with Crippen LogP contribution in [0.3, 0.4) is 0 Å². The number of Topliss-reactive ketones (excluding diaryl/α,β-unsaturated/α-hetero) is 1. The first-order valence-electron chi connectivity index (χ1n) is 7.05. The Balaban J connectivity index is 1.91. The normalized spacial score (nSPS) is 26.5. The summed E-state index contributed by atoms with van der Waals surface area (Å²) >= 11 is 0. The number of carbonyl (C=O) groups excluding carboxylic acids is 1. The van der Waals surface area contributed by atoms with Crippen molar-refractivity contribution in [2.24, 2.45) is 11.8 Å². The second-order valence-corrected chi connectivity index (χ2v) is 5.90. The van der Waals surface area contributed by atoms with Gasteiger partial charge in [-0.25, -0.2) is 8.78 Å². The molecule has 0 saturated heterocycles. The predicted molar refractivity (Wildman–Crippen MR) is 72.6 cm³/mol. The molecule has 1 aliphatic rings. The van der Waals surface area contributed by atoms with Crippen molar-refractivity contribution in [2.75, 3.05) is 6.61 Å². The lowest BCUT2D eigenvalue weighted by Gasteiger charge is -2.31. The predicted octanol–water partition coefficient (Wildman–Crippen LogP) is 3.99. The lowest BCUT2D eigenvalue weighted by Crippen LogP contribution is -2.28. The van der Waals surface area contributed by atoms with Crippen LogP contribution in [0, 0.1) is 23.5 Å². The highest BCUT2D eigenvalue weighted by Gasteiger charge is 2.25. The molecule has 0 amide bonds. The number of ketones is 1. The van der Waals surface area contributed by atoms with Crippen molar-refractivity contribution in [3.63, 3.8) is 0 Å². The van der Waals surface area contributed by atoms with Gasteiger partial charge < -0.3 is 4.74 Å². The van der Waals surface area contributed by atoms with Gasteiger partial charge in [-0.3, -0.25) is 4.79 Å². The van der Waals surface area contributed by atoms with Gasteiger partial charge in [-0.2, -0.15) is 0 Å². The maximum Gasteiger partial charge on any atom is 0.191 e. The van der Waals surface area contributed by atoms with E-state index in [-0.39, 0.29) is 18.3 Å². The van der Waals surface area contributed by atoms with Crippen molar-refractivity contribution in [1.29, 1.82) is 0 Å². The Labute approximate surface area is 118 Å². The number of hydrogen-bond donors (Lipinski definition) is 0. The Morgan fingerprint density at radius 1 is 1.20 bits per heavy atom. The van der Waals surface area contributed by atoms with Gasteiger partial charge in [-0.15, -0.1) is 0 Å². The van der Waals surface area contributed by atoms with Crippen LogP contribution in [0.25, 0.3) is 0 Å². The maximum absolute atomic E-state index is 13.5. The summed E-state index contributed by atoms with van der Waals surface area (Å²) in [6.07, 6.45) is 3.11. The molecule has 4 heteroatoms. The average Bonchev–Trinajstić information content (AvgIpc) is 2.35. The highest BCUT2D eigenvalue weighted by molar-refractivity contribution is 5.97. The van der Waals surface area contributed by atoms with Crippen molar-refractivity contribution in [3.05, 3.63) is 35.4 Å². The molecule has 1 aromatic carbocycles. The van der Waals surface area contributed by atoms with Crippen molar-refractivity contribution >= 4 is 5.78 Å². The van der Waals surface area contributed by atoms with Crippen LogP contribution in [0.4, 0.5) is 8.78 Å². The van der Waals surface area contributed by atoms with Crippen LogP contribution in [0.2, 0.25) is 0 Å². The van der Waals surface area contributed by atoms with E-state index in [1.54, 1.807) is 0 Å². The topological polar surface area (TPSA) is 26.3 Å². The van der Waals surface area contributed by atoms with Gasteiger partial charge in [0.1, 0.15) is 18.2 Å². The lowest BCUT2D eigenvalue weighted by atomic mass is 9.82. The minimum atomic E-state index is -0.830. The minimum absolute atomic E-state index is 0.0567. The second-order valence-electron chi connectivity index (χ2n) is 5.90. The van der Waals surface area contributed by atoms with Crippen LogP contribution < -0.4 is 0 Å². The monoisotopic (exact) mass is 282 g/mol. The molecule has 2 rings (SSSR count). The van der Waals surface area contributed by atoms with Gasteiger partial charge in [0.05, 0.1) is 11.7 Å². The third kappa shape index (κ3) is 3.85. The van der Waals surface area contributed by atoms with E-state index < -0.39 is 17.4 Å². The van der Waals surface area contributed by atoms with Crippen LogP contribution >= 0.6 is 0 Å². The molecule has 0 aromatic heterocycles. The lowest BCUT2D eigenvalue weighted by molar-refractivity contribution is 0.00548. The van der Waals surface area contributed by atoms with Crippen LogP contribution in [0.5, 0.6) is 0 Å². The van der Waals surface area contributed by atoms with Crippen LogP contribution in [0.15, 0.2) is 18.2 Å². The number of halogens is 2. The number of hydrogen-bond acceptors (Lipinski definition) is 2. The summed E-state index contributed by atoms with van der Waals surface area (Å²) < 4.78 is 31.9. The van der Waals surface area contributed by atoms with E-state index in [4.69, 9.17) is 4.74 Å². The molecule has 2 unspecified atom stereocenters. The fraction of sp³-hybridized carbons (Fsp3) is 0.562. The molecule has 1 aromatic rings. The fourth-order valence-electron chi connectivity index (χ4n) is 3.00. The molecule has 0 spiro atoms. The Bertz CT molecular complexity index is 477. The quantitative estimate of drug-likeness (QED) is 0.781. The van der Waals surface area contributed by atoms with Gasteiger partial charge in [-0.1, -0.05) is 13.8 Å². The Morgan fingerprint density at radius 3 is 2.45 bits per heavy atom. The zero-order valence-corrected chi connectivity index (χ0v) is 11.9. The number of benzene rings is 1. The zero-order chi connectivity index (χ0) is 14.7. The fourth-order valence-corrected chi connectivity index (χ4v) is 3.00. The van der Waals surface area contributed by atoms with Crippen LogP contribution in [-0.2, 0) is 4.74 Å². The molecule has 0 heterocycles. The standard InChI is InChI=1S/C16H20F2O2/c1-10-5-11(2)7-13(6-10)20-9-16(19)14-4-3-12(17)8-15(14)18/h3-4,8,10-11,13H,5-7,9H2,1-2H3. The Kier molecular flexibility index (Phi) is 4.86. The van der Waals surface area contributed by atoms with Crippen molar-refractivity contribution in [2.45, 2.75) is 39.2 Å². The van der Waals surface area contributed by atoms with E-state index in [0.717, 1.165) is 25.0 Å². The van der Waals surface area contributed by atoms with E-state index in [9.17, 15) is 13.6 Å². The molecule has 20 heavy (non-hydrogen) atoms. The van der Waals surface area contributed by atoms with Gasteiger partial charge in [0.2, 0.25) is 0 Å². The minimum Gasteiger partial charge on any atom is -0.370 e. The van der Waals surface area contributed by atoms with Gasteiger partial charge in [0.15, 0.2) is 5.78 Å². The van der Waals surface area contributed by atoms with E-state index in [0.29, 0.717) is 11.8 Å². The van der Waals surface area contributed by atoms with E-state index in [1.807, 2.05) is 0 Å². The Morgan fingerprint density at radius 2 is 1.85 bits per heavy atom. The highest BCUT2D eigenvalue weighted by Crippen LogP contribution is 2.30. The first-order valence-corrected chi connectivity index (χ1v) is 7.05. The summed E-state index contributed by atoms with van der Waals surface area (Å²) in [5, 5.41) is 0. The summed E-state index contributed by atoms with van der Waals surface area (Å²) in [6, 6.07) is 2.97. The summed E-state index contributed by atoms with van der Waals surface area (Å²) in [4.78, 5) is 11.9. The molecule has 1 aliphatic carbocycles. The summed E-state index contributed by atoms with van der Waals surface area (Å²) in [5.41, 5.74) is -0.108. The summed E-state index contributed by atoms with van der Waals surface area (Å²) in [6.45, 7) is 4.20. The van der Waals surface area contributed by atoms with Gasteiger partial charge >= 0.3 is 0 Å². The molecule has 1 fully saturated rings. The van der Waals surface area contributed by atoms with Gasteiger partial charge in [0.25, 0.3) is 0 Å². The first-order chi connectivity index (χ1) is 9.45. The summed E-state index contributed by atoms with van der Waals surface area (Å²) in [5.74, 6) is -0.782. The molecule has 2 nitrogen and oxygen atoms in total. The SMILES string of the molecule is CC1CC(C)CC(OCC(=O)c2ccc(F)cc2F)C1. The van der Waals surface area contributed by atoms with Crippen molar-refractivity contribution < 1.29 is 18.3 Å². The molecular formula is C16H20F2O2. The van der Waals surface area contributed by atoms with Crippen molar-refractivity contribution in [3.8, 4) is 0 Å². The molecule has 110 valence electrons. The molecule has 1 saturated carbocycles. The Hall–Kier alpha value is -1.29. The van der Waals surface area contributed by atoms with E-state index >= 15 is 0 Å². The van der Waals surface area contributed by atoms with Crippen LogP contribution in [-0.4, -0.2) is 18.5 Å². The number of rotatable bonds is 4. The molecule has 0 radical (unpaired) electrons. The third-order valence-corrected chi connectivity index (χ3v) is 3.82. The molecule has 0 bridgehead atoms. The van der Waals surface area contributed by atoms with E-state index in [2.05, 4.69) is 13.8 Å². The van der Waals surface area contributed by atoms with E-state index in [1.165, 1.54) is 12.5 Å². The third-order valence-electron chi connectivity index (χ3n) is 3.82. The molecule has 2 atom stereocenters. The molecular weight excluding hydrogens is 262 g/mol. The largest absolute Gasteiger partial charge is 0.370 e. The molecule has 0 aliphatic heterocycles. The number of ether oxygens (including phenoxy) is 1. The molecule has 0 N–H and O–H groups in total. The van der Waals surface area contributed by atoms with Crippen molar-refractivity contribution in [1.82, 2.24) is 0 Å². The summed E-state index contributed by atoms with van der Waals surface area (Å²) in [7, 11) is 0. The number of carbonyl (C=O) groups is 1. The van der Waals surface area contributed by atoms with Gasteiger partial charge in [-0.05, 0) is 43.2 Å².